The lowest BCUT2D eigenvalue weighted by Gasteiger charge is -2.21. The van der Waals surface area contributed by atoms with E-state index in [4.69, 9.17) is 4.42 Å². The number of benzene rings is 1. The highest BCUT2D eigenvalue weighted by molar-refractivity contribution is 7.11. The van der Waals surface area contributed by atoms with Crippen molar-refractivity contribution in [3.8, 4) is 11.3 Å². The first-order valence-electron chi connectivity index (χ1n) is 9.76. The predicted molar refractivity (Wildman–Crippen MR) is 117 cm³/mol. The number of nitrogens with one attached hydrogen (secondary N) is 1. The first-order chi connectivity index (χ1) is 14.2. The summed E-state index contributed by atoms with van der Waals surface area (Å²) in [6.45, 7) is 3.18. The van der Waals surface area contributed by atoms with E-state index in [1.807, 2.05) is 35.2 Å². The van der Waals surface area contributed by atoms with E-state index in [1.165, 1.54) is 9.75 Å². The van der Waals surface area contributed by atoms with E-state index in [0.717, 1.165) is 22.7 Å². The molecule has 4 nitrogen and oxygen atoms in total. The Morgan fingerprint density at radius 2 is 1.86 bits per heavy atom. The molecule has 0 saturated carbocycles. The van der Waals surface area contributed by atoms with Gasteiger partial charge in [-0.2, -0.15) is 0 Å². The molecule has 1 aromatic carbocycles. The van der Waals surface area contributed by atoms with E-state index in [9.17, 15) is 4.79 Å². The van der Waals surface area contributed by atoms with Gasteiger partial charge in [0, 0.05) is 27.6 Å². The number of aromatic nitrogens is 1. The summed E-state index contributed by atoms with van der Waals surface area (Å²) in [4.78, 5) is 20.8. The number of carbonyl (C=O) groups excluding carboxylic acids is 1. The molecule has 0 aliphatic carbocycles. The summed E-state index contributed by atoms with van der Waals surface area (Å²) >= 11 is 1.73. The van der Waals surface area contributed by atoms with Gasteiger partial charge < -0.3 is 14.3 Å². The molecule has 0 radical (unpaired) electrons. The lowest BCUT2D eigenvalue weighted by atomic mass is 10.2. The van der Waals surface area contributed by atoms with Gasteiger partial charge in [0.2, 0.25) is 5.91 Å². The number of hydrogen-bond donors (Lipinski definition) is 1. The van der Waals surface area contributed by atoms with Gasteiger partial charge in [-0.25, -0.2) is 0 Å². The Kier molecular flexibility index (Phi) is 5.96. The zero-order valence-corrected chi connectivity index (χ0v) is 17.2. The minimum absolute atomic E-state index is 0.128. The third-order valence-electron chi connectivity index (χ3n) is 4.86. The summed E-state index contributed by atoms with van der Waals surface area (Å²) in [7, 11) is 0. The minimum Gasteiger partial charge on any atom is -0.467 e. The van der Waals surface area contributed by atoms with Crippen LogP contribution >= 0.6 is 11.3 Å². The lowest BCUT2D eigenvalue weighted by Crippen LogP contribution is -2.29. The normalized spacial score (nSPS) is 10.9. The zero-order valence-electron chi connectivity index (χ0n) is 16.4. The van der Waals surface area contributed by atoms with Crippen LogP contribution in [0.25, 0.3) is 11.3 Å². The third-order valence-corrected chi connectivity index (χ3v) is 5.85. The topological polar surface area (TPSA) is 49.2 Å². The summed E-state index contributed by atoms with van der Waals surface area (Å²) in [5.74, 6) is 0.932. The van der Waals surface area contributed by atoms with Crippen LogP contribution in [0, 0.1) is 6.92 Å². The van der Waals surface area contributed by atoms with E-state index in [-0.39, 0.29) is 5.91 Å². The third kappa shape index (κ3) is 5.06. The Hall–Kier alpha value is -3.05. The van der Waals surface area contributed by atoms with Gasteiger partial charge in [-0.1, -0.05) is 30.3 Å². The highest BCUT2D eigenvalue weighted by Gasteiger charge is 2.17. The number of thiophene rings is 1. The van der Waals surface area contributed by atoms with Crippen molar-refractivity contribution in [1.29, 1.82) is 0 Å². The molecule has 0 spiro atoms. The molecule has 29 heavy (non-hydrogen) atoms. The van der Waals surface area contributed by atoms with Gasteiger partial charge >= 0.3 is 0 Å². The van der Waals surface area contributed by atoms with Crippen LogP contribution < -0.4 is 0 Å². The van der Waals surface area contributed by atoms with Crippen LogP contribution in [0.1, 0.15) is 27.6 Å². The van der Waals surface area contributed by atoms with Crippen molar-refractivity contribution in [3.63, 3.8) is 0 Å². The van der Waals surface area contributed by atoms with Crippen LogP contribution in [-0.2, 0) is 24.3 Å². The first-order valence-corrected chi connectivity index (χ1v) is 10.6. The lowest BCUT2D eigenvalue weighted by molar-refractivity contribution is -0.132. The molecule has 3 heterocycles. The molecule has 0 aliphatic heterocycles. The largest absolute Gasteiger partial charge is 0.467 e. The zero-order chi connectivity index (χ0) is 20.1. The molecule has 0 saturated heterocycles. The molecule has 0 bridgehead atoms. The maximum absolute atomic E-state index is 13.0. The maximum atomic E-state index is 13.0. The highest BCUT2D eigenvalue weighted by atomic mass is 32.1. The standard InChI is InChI=1S/C24H24N2O2S/c1-18-9-12-22(29-18)17-26(16-21-8-5-15-28-21)24(27)14-11-20-10-13-23(25-20)19-6-3-2-4-7-19/h2-10,12-13,15,25H,11,14,16-17H2,1H3. The van der Waals surface area contributed by atoms with Gasteiger partial charge in [0.25, 0.3) is 0 Å². The number of aryl methyl sites for hydroxylation is 2. The van der Waals surface area contributed by atoms with Gasteiger partial charge in [0.1, 0.15) is 5.76 Å². The van der Waals surface area contributed by atoms with Crippen molar-refractivity contribution < 1.29 is 9.21 Å². The van der Waals surface area contributed by atoms with E-state index >= 15 is 0 Å². The number of furan rings is 1. The SMILES string of the molecule is Cc1ccc(CN(Cc2ccco2)C(=O)CCc2ccc(-c3ccccc3)[nH]2)s1. The maximum Gasteiger partial charge on any atom is 0.223 e. The van der Waals surface area contributed by atoms with Crippen LogP contribution in [0.2, 0.25) is 0 Å². The van der Waals surface area contributed by atoms with Crippen LogP contribution in [0.15, 0.2) is 77.4 Å². The second-order valence-corrected chi connectivity index (χ2v) is 8.48. The molecule has 4 aromatic rings. The van der Waals surface area contributed by atoms with E-state index in [2.05, 4.69) is 48.3 Å². The summed E-state index contributed by atoms with van der Waals surface area (Å²) in [6, 6.07) is 22.3. The van der Waals surface area contributed by atoms with Crippen LogP contribution in [0.5, 0.6) is 0 Å². The average molecular weight is 405 g/mol. The van der Waals surface area contributed by atoms with Crippen molar-refractivity contribution in [1.82, 2.24) is 9.88 Å². The Morgan fingerprint density at radius 3 is 2.59 bits per heavy atom. The number of nitrogens with zero attached hydrogens (tertiary/aromatic N) is 1. The van der Waals surface area contributed by atoms with E-state index in [1.54, 1.807) is 17.6 Å². The van der Waals surface area contributed by atoms with Gasteiger partial charge in [-0.05, 0) is 55.3 Å². The number of carbonyl (C=O) groups is 1. The molecule has 4 rings (SSSR count). The molecule has 3 aromatic heterocycles. The van der Waals surface area contributed by atoms with Gasteiger partial charge in [-0.15, -0.1) is 11.3 Å². The fraction of sp³-hybridized carbons (Fsp3) is 0.208. The molecule has 0 fully saturated rings. The molecule has 1 amide bonds. The molecule has 148 valence electrons. The Labute approximate surface area is 174 Å². The van der Waals surface area contributed by atoms with Crippen molar-refractivity contribution >= 4 is 17.2 Å². The van der Waals surface area contributed by atoms with E-state index in [0.29, 0.717) is 25.9 Å². The summed E-state index contributed by atoms with van der Waals surface area (Å²) < 4.78 is 5.48. The predicted octanol–water partition coefficient (Wildman–Crippen LogP) is 5.81. The molecule has 5 heteroatoms. The highest BCUT2D eigenvalue weighted by Crippen LogP contribution is 2.21. The Bertz CT molecular complexity index is 1050. The Balaban J connectivity index is 1.41. The van der Waals surface area contributed by atoms with Gasteiger partial charge in [0.15, 0.2) is 0 Å². The Morgan fingerprint density at radius 1 is 1.00 bits per heavy atom. The summed E-state index contributed by atoms with van der Waals surface area (Å²) in [6.07, 6.45) is 2.79. The van der Waals surface area contributed by atoms with Crippen molar-refractivity contribution in [2.45, 2.75) is 32.9 Å². The number of rotatable bonds is 8. The number of aromatic amines is 1. The monoisotopic (exact) mass is 404 g/mol. The summed E-state index contributed by atoms with van der Waals surface area (Å²) in [5, 5.41) is 0. The van der Waals surface area contributed by atoms with Gasteiger partial charge in [-0.3, -0.25) is 4.79 Å². The van der Waals surface area contributed by atoms with Crippen LogP contribution in [-0.4, -0.2) is 15.8 Å². The fourth-order valence-electron chi connectivity index (χ4n) is 3.35. The minimum atomic E-state index is 0.128. The van der Waals surface area contributed by atoms with Crippen LogP contribution in [0.4, 0.5) is 0 Å². The smallest absolute Gasteiger partial charge is 0.223 e. The first kappa shape index (κ1) is 19.3. The van der Waals surface area contributed by atoms with Gasteiger partial charge in [0.05, 0.1) is 19.4 Å². The molecule has 1 N–H and O–H groups in total. The van der Waals surface area contributed by atoms with Crippen LogP contribution in [0.3, 0.4) is 0 Å². The average Bonchev–Trinajstić information content (AvgIpc) is 3.49. The van der Waals surface area contributed by atoms with E-state index < -0.39 is 0 Å². The van der Waals surface area contributed by atoms with Crippen molar-refractivity contribution in [2.75, 3.05) is 0 Å². The number of H-pyrrole nitrogens is 1. The summed E-state index contributed by atoms with van der Waals surface area (Å²) in [5.41, 5.74) is 3.30. The van der Waals surface area contributed by atoms with Crippen molar-refractivity contribution in [2.24, 2.45) is 0 Å². The van der Waals surface area contributed by atoms with Crippen molar-refractivity contribution in [3.05, 3.63) is 94.2 Å². The quantitative estimate of drug-likeness (QED) is 0.403. The second-order valence-electron chi connectivity index (χ2n) is 7.10. The molecule has 0 unspecified atom stereocenters. The number of hydrogen-bond acceptors (Lipinski definition) is 3. The molecule has 0 atom stereocenters. The fourth-order valence-corrected chi connectivity index (χ4v) is 4.26. The molecular weight excluding hydrogens is 380 g/mol. The molecule has 0 aliphatic rings. The molecular formula is C24H24N2O2S. The number of amides is 1. The second kappa shape index (κ2) is 8.97.